The number of hydrogen-bond donors (Lipinski definition) is 1. The van der Waals surface area contributed by atoms with E-state index in [1.807, 2.05) is 6.92 Å². The van der Waals surface area contributed by atoms with Gasteiger partial charge in [0, 0.05) is 26.3 Å². The van der Waals surface area contributed by atoms with Gasteiger partial charge in [0.25, 0.3) is 5.91 Å². The minimum absolute atomic E-state index is 0.166. The van der Waals surface area contributed by atoms with E-state index in [-0.39, 0.29) is 11.5 Å². The fraction of sp³-hybridized carbons (Fsp3) is 0.267. The normalized spacial score (nSPS) is 10.4. The van der Waals surface area contributed by atoms with E-state index in [0.717, 1.165) is 11.3 Å². The largest absolute Gasteiger partial charge is 0.478 e. The molecule has 0 bridgehead atoms. The van der Waals surface area contributed by atoms with Crippen LogP contribution in [-0.2, 0) is 13.6 Å². The predicted molar refractivity (Wildman–Crippen MR) is 77.1 cm³/mol. The molecule has 0 saturated heterocycles. The first-order valence-electron chi connectivity index (χ1n) is 6.47. The first-order valence-corrected chi connectivity index (χ1v) is 6.47. The van der Waals surface area contributed by atoms with Crippen molar-refractivity contribution < 1.29 is 14.7 Å². The van der Waals surface area contributed by atoms with Crippen LogP contribution < -0.4 is 0 Å². The molecule has 21 heavy (non-hydrogen) atoms. The summed E-state index contributed by atoms with van der Waals surface area (Å²) in [5.41, 5.74) is 2.41. The lowest BCUT2D eigenvalue weighted by Gasteiger charge is -2.16. The quantitative estimate of drug-likeness (QED) is 0.928. The van der Waals surface area contributed by atoms with Gasteiger partial charge in [-0.1, -0.05) is 12.1 Å². The number of aromatic nitrogens is 2. The number of aryl methyl sites for hydroxylation is 2. The van der Waals surface area contributed by atoms with Gasteiger partial charge in [0.05, 0.1) is 5.56 Å². The Kier molecular flexibility index (Phi) is 4.07. The number of rotatable bonds is 4. The standard InChI is InChI=1S/C15H17N3O3/c1-10-8-13(16-18(10)3)14(19)17(2)9-11-4-6-12(7-5-11)15(20)21/h4-8H,9H2,1-3H3,(H,20,21). The van der Waals surface area contributed by atoms with Gasteiger partial charge >= 0.3 is 5.97 Å². The molecule has 2 aromatic rings. The summed E-state index contributed by atoms with van der Waals surface area (Å²) in [5, 5.41) is 13.0. The average molecular weight is 287 g/mol. The van der Waals surface area contributed by atoms with Gasteiger partial charge in [-0.15, -0.1) is 0 Å². The van der Waals surface area contributed by atoms with Crippen LogP contribution in [0.5, 0.6) is 0 Å². The van der Waals surface area contributed by atoms with E-state index in [0.29, 0.717) is 12.2 Å². The summed E-state index contributed by atoms with van der Waals surface area (Å²) in [6, 6.07) is 8.21. The molecule has 0 spiro atoms. The molecule has 0 radical (unpaired) electrons. The summed E-state index contributed by atoms with van der Waals surface area (Å²) in [7, 11) is 3.48. The molecular weight excluding hydrogens is 270 g/mol. The van der Waals surface area contributed by atoms with Gasteiger partial charge in [0.15, 0.2) is 5.69 Å². The molecule has 6 nitrogen and oxygen atoms in total. The third kappa shape index (κ3) is 3.28. The van der Waals surface area contributed by atoms with Crippen LogP contribution in [-0.4, -0.2) is 38.7 Å². The van der Waals surface area contributed by atoms with E-state index in [1.54, 1.807) is 41.9 Å². The topological polar surface area (TPSA) is 75.4 Å². The maximum atomic E-state index is 12.2. The summed E-state index contributed by atoms with van der Waals surface area (Å²) in [4.78, 5) is 24.6. The Morgan fingerprint density at radius 3 is 2.38 bits per heavy atom. The van der Waals surface area contributed by atoms with E-state index in [4.69, 9.17) is 5.11 Å². The van der Waals surface area contributed by atoms with E-state index in [2.05, 4.69) is 5.10 Å². The summed E-state index contributed by atoms with van der Waals surface area (Å²) in [6.45, 7) is 2.28. The van der Waals surface area contributed by atoms with Crippen molar-refractivity contribution in [3.05, 3.63) is 52.8 Å². The maximum absolute atomic E-state index is 12.2. The Hall–Kier alpha value is -2.63. The zero-order valence-electron chi connectivity index (χ0n) is 12.2. The van der Waals surface area contributed by atoms with Crippen LogP contribution in [0, 0.1) is 6.92 Å². The smallest absolute Gasteiger partial charge is 0.335 e. The monoisotopic (exact) mass is 287 g/mol. The summed E-state index contributed by atoms with van der Waals surface area (Å²) >= 11 is 0. The molecule has 0 saturated carbocycles. The van der Waals surface area contributed by atoms with Gasteiger partial charge < -0.3 is 10.0 Å². The molecule has 1 amide bonds. The van der Waals surface area contributed by atoms with Gasteiger partial charge in [-0.25, -0.2) is 4.79 Å². The zero-order valence-corrected chi connectivity index (χ0v) is 12.2. The van der Waals surface area contributed by atoms with Gasteiger partial charge in [-0.2, -0.15) is 5.10 Å². The number of carbonyl (C=O) groups excluding carboxylic acids is 1. The summed E-state index contributed by atoms with van der Waals surface area (Å²) in [5.74, 6) is -1.13. The third-order valence-corrected chi connectivity index (χ3v) is 3.30. The summed E-state index contributed by atoms with van der Waals surface area (Å²) in [6.07, 6.45) is 0. The number of carboxylic acid groups (broad SMARTS) is 1. The van der Waals surface area contributed by atoms with Crippen molar-refractivity contribution in [1.82, 2.24) is 14.7 Å². The number of hydrogen-bond acceptors (Lipinski definition) is 3. The van der Waals surface area contributed by atoms with E-state index < -0.39 is 5.97 Å². The molecule has 0 unspecified atom stereocenters. The highest BCUT2D eigenvalue weighted by Gasteiger charge is 2.16. The Balaban J connectivity index is 2.08. The fourth-order valence-electron chi connectivity index (χ4n) is 1.96. The van der Waals surface area contributed by atoms with Crippen molar-refractivity contribution in [2.45, 2.75) is 13.5 Å². The van der Waals surface area contributed by atoms with Crippen molar-refractivity contribution in [2.75, 3.05) is 7.05 Å². The van der Waals surface area contributed by atoms with Crippen molar-refractivity contribution in [2.24, 2.45) is 7.05 Å². The molecule has 0 aliphatic rings. The lowest BCUT2D eigenvalue weighted by Crippen LogP contribution is -2.26. The minimum atomic E-state index is -0.963. The van der Waals surface area contributed by atoms with Gasteiger partial charge in [0.1, 0.15) is 0 Å². The molecule has 6 heteroatoms. The second-order valence-corrected chi connectivity index (χ2v) is 4.96. The molecule has 0 aliphatic carbocycles. The Morgan fingerprint density at radius 1 is 1.29 bits per heavy atom. The highest BCUT2D eigenvalue weighted by molar-refractivity contribution is 5.92. The van der Waals surface area contributed by atoms with Crippen molar-refractivity contribution in [3.63, 3.8) is 0 Å². The van der Waals surface area contributed by atoms with Crippen molar-refractivity contribution in [1.29, 1.82) is 0 Å². The van der Waals surface area contributed by atoms with Gasteiger partial charge in [-0.05, 0) is 30.7 Å². The Bertz CT molecular complexity index is 654. The first kappa shape index (κ1) is 14.8. The molecule has 2 rings (SSSR count). The van der Waals surface area contributed by atoms with Gasteiger partial charge in [0.2, 0.25) is 0 Å². The molecule has 1 N–H and O–H groups in total. The second kappa shape index (κ2) is 5.78. The number of benzene rings is 1. The highest BCUT2D eigenvalue weighted by Crippen LogP contribution is 2.10. The van der Waals surface area contributed by atoms with Crippen LogP contribution in [0.4, 0.5) is 0 Å². The van der Waals surface area contributed by atoms with Crippen LogP contribution in [0.3, 0.4) is 0 Å². The second-order valence-electron chi connectivity index (χ2n) is 4.96. The van der Waals surface area contributed by atoms with E-state index in [1.165, 1.54) is 12.1 Å². The van der Waals surface area contributed by atoms with Crippen LogP contribution >= 0.6 is 0 Å². The van der Waals surface area contributed by atoms with Crippen molar-refractivity contribution in [3.8, 4) is 0 Å². The number of carboxylic acids is 1. The van der Waals surface area contributed by atoms with Crippen LogP contribution in [0.25, 0.3) is 0 Å². The van der Waals surface area contributed by atoms with Crippen molar-refractivity contribution >= 4 is 11.9 Å². The number of amides is 1. The molecule has 1 heterocycles. The average Bonchev–Trinajstić information content (AvgIpc) is 2.78. The number of aromatic carboxylic acids is 1. The lowest BCUT2D eigenvalue weighted by molar-refractivity contribution is 0.0695. The SMILES string of the molecule is Cc1cc(C(=O)N(C)Cc2ccc(C(=O)O)cc2)nn1C. The van der Waals surface area contributed by atoms with Crippen LogP contribution in [0.15, 0.2) is 30.3 Å². The van der Waals surface area contributed by atoms with Gasteiger partial charge in [-0.3, -0.25) is 9.48 Å². The molecule has 1 aromatic carbocycles. The predicted octanol–water partition coefficient (Wildman–Crippen LogP) is 1.70. The molecule has 1 aromatic heterocycles. The molecule has 110 valence electrons. The maximum Gasteiger partial charge on any atom is 0.335 e. The van der Waals surface area contributed by atoms with Crippen LogP contribution in [0.2, 0.25) is 0 Å². The third-order valence-electron chi connectivity index (χ3n) is 3.30. The number of carbonyl (C=O) groups is 2. The Morgan fingerprint density at radius 2 is 1.90 bits per heavy atom. The highest BCUT2D eigenvalue weighted by atomic mass is 16.4. The molecule has 0 atom stereocenters. The molecular formula is C15H17N3O3. The molecule has 0 aliphatic heterocycles. The van der Waals surface area contributed by atoms with Crippen LogP contribution in [0.1, 0.15) is 32.1 Å². The lowest BCUT2D eigenvalue weighted by atomic mass is 10.1. The fourth-order valence-corrected chi connectivity index (χ4v) is 1.96. The van der Waals surface area contributed by atoms with E-state index >= 15 is 0 Å². The zero-order chi connectivity index (χ0) is 15.6. The first-order chi connectivity index (χ1) is 9.88. The molecule has 0 fully saturated rings. The Labute approximate surface area is 122 Å². The summed E-state index contributed by atoms with van der Waals surface area (Å²) < 4.78 is 1.66. The number of nitrogens with zero attached hydrogens (tertiary/aromatic N) is 3. The van der Waals surface area contributed by atoms with E-state index in [9.17, 15) is 9.59 Å². The minimum Gasteiger partial charge on any atom is -0.478 e.